The first-order valence-electron chi connectivity index (χ1n) is 8.11. The van der Waals surface area contributed by atoms with Crippen LogP contribution in [-0.4, -0.2) is 74.2 Å². The highest BCUT2D eigenvalue weighted by Gasteiger charge is 2.46. The van der Waals surface area contributed by atoms with Gasteiger partial charge in [0, 0.05) is 0 Å². The topological polar surface area (TPSA) is 282 Å². The molecule has 0 aromatic carbocycles. The Labute approximate surface area is 181 Å². The second kappa shape index (κ2) is 8.90. The zero-order valence-electron chi connectivity index (χ0n) is 15.3. The average molecular weight is 539 g/mol. The van der Waals surface area contributed by atoms with Crippen molar-refractivity contribution in [3.8, 4) is 0 Å². The number of nitrogens with zero attached hydrogens (tertiary/aromatic N) is 3. The van der Waals surface area contributed by atoms with Gasteiger partial charge in [0.2, 0.25) is 5.95 Å². The predicted octanol–water partition coefficient (Wildman–Crippen LogP) is -2.22. The van der Waals surface area contributed by atoms with E-state index in [1.807, 2.05) is 0 Å². The number of nitrogens with two attached hydrogens (primary N) is 1. The number of aliphatic hydroxyl groups excluding tert-OH is 2. The second-order valence-electron chi connectivity index (χ2n) is 6.21. The molecule has 9 N–H and O–H groups in total. The maximum absolute atomic E-state index is 11.9. The molecule has 1 aliphatic rings. The number of imidazole rings is 1. The number of ether oxygens (including phenoxy) is 1. The zero-order chi connectivity index (χ0) is 24.1. The fourth-order valence-electron chi connectivity index (χ4n) is 2.70. The molecule has 18 nitrogen and oxygen atoms in total. The Kier molecular flexibility index (Phi) is 7.09. The van der Waals surface area contributed by atoms with Gasteiger partial charge in [0.05, 0.1) is 12.9 Å². The minimum Gasteiger partial charge on any atom is -0.387 e. The molecule has 1 saturated heterocycles. The van der Waals surface area contributed by atoms with Crippen molar-refractivity contribution in [1.29, 1.82) is 0 Å². The molecule has 0 radical (unpaired) electrons. The number of H-pyrrole nitrogens is 1. The molecule has 4 unspecified atom stereocenters. The molecule has 0 bridgehead atoms. The van der Waals surface area contributed by atoms with Gasteiger partial charge in [-0.1, -0.05) is 0 Å². The van der Waals surface area contributed by atoms with Gasteiger partial charge in [0.1, 0.15) is 18.3 Å². The predicted molar refractivity (Wildman–Crippen MR) is 105 cm³/mol. The minimum absolute atomic E-state index is 0.0736. The number of anilines is 1. The van der Waals surface area contributed by atoms with Crippen LogP contribution in [0.5, 0.6) is 0 Å². The number of fused-ring (bicyclic) bond motifs is 1. The van der Waals surface area contributed by atoms with E-state index in [4.69, 9.17) is 24.8 Å². The van der Waals surface area contributed by atoms with Crippen molar-refractivity contribution >= 4 is 51.3 Å². The van der Waals surface area contributed by atoms with Crippen LogP contribution in [0.3, 0.4) is 0 Å². The first kappa shape index (κ1) is 25.5. The van der Waals surface area contributed by atoms with E-state index in [9.17, 15) is 33.9 Å². The fraction of sp³-hybridized carbons (Fsp3) is 0.500. The molecular weight excluding hydrogens is 523 g/mol. The molecule has 0 aliphatic carbocycles. The van der Waals surface area contributed by atoms with Gasteiger partial charge < -0.3 is 44.8 Å². The number of nitrogens with one attached hydrogen (secondary N) is 1. The highest BCUT2D eigenvalue weighted by molar-refractivity contribution is 8.08. The summed E-state index contributed by atoms with van der Waals surface area (Å²) in [4.78, 5) is 58.0. The van der Waals surface area contributed by atoms with Crippen LogP contribution < -0.4 is 11.3 Å². The van der Waals surface area contributed by atoms with Crippen LogP contribution in [0.1, 0.15) is 6.23 Å². The third-order valence-electron chi connectivity index (χ3n) is 3.88. The number of aromatic amines is 1. The van der Waals surface area contributed by atoms with Crippen LogP contribution in [0.15, 0.2) is 11.1 Å². The molecule has 2 aromatic rings. The number of phosphoric acid groups is 2. The lowest BCUT2D eigenvalue weighted by molar-refractivity contribution is -0.0486. The van der Waals surface area contributed by atoms with E-state index in [2.05, 4.69) is 35.4 Å². The zero-order valence-corrected chi connectivity index (χ0v) is 18.8. The lowest BCUT2D eigenvalue weighted by Crippen LogP contribution is -2.33. The smallest absolute Gasteiger partial charge is 0.387 e. The molecule has 0 amide bonds. The summed E-state index contributed by atoms with van der Waals surface area (Å²) in [6.45, 7) is -5.45. The van der Waals surface area contributed by atoms with Crippen molar-refractivity contribution < 1.29 is 56.8 Å². The number of aromatic nitrogens is 4. The van der Waals surface area contributed by atoms with Gasteiger partial charge in [-0.25, -0.2) is 18.4 Å². The number of aliphatic hydroxyl groups is 2. The van der Waals surface area contributed by atoms with E-state index in [1.165, 1.54) is 0 Å². The molecule has 0 spiro atoms. The van der Waals surface area contributed by atoms with E-state index in [0.29, 0.717) is 0 Å². The molecule has 6 atom stereocenters. The summed E-state index contributed by atoms with van der Waals surface area (Å²) in [6, 6.07) is 0. The van der Waals surface area contributed by atoms with Gasteiger partial charge in [-0.15, -0.1) is 0 Å². The van der Waals surface area contributed by atoms with E-state index in [-0.39, 0.29) is 17.1 Å². The Morgan fingerprint density at radius 1 is 1.22 bits per heavy atom. The quantitative estimate of drug-likeness (QED) is 0.165. The maximum Gasteiger partial charge on any atom is 0.488 e. The van der Waals surface area contributed by atoms with Gasteiger partial charge in [-0.05, 0) is 11.8 Å². The summed E-state index contributed by atoms with van der Waals surface area (Å²) >= 11 is 4.46. The lowest BCUT2D eigenvalue weighted by atomic mass is 10.1. The Morgan fingerprint density at radius 3 is 2.50 bits per heavy atom. The molecule has 32 heavy (non-hydrogen) atoms. The minimum atomic E-state index is -5.52. The molecule has 2 aromatic heterocycles. The van der Waals surface area contributed by atoms with Crippen molar-refractivity contribution in [3.63, 3.8) is 0 Å². The van der Waals surface area contributed by atoms with Crippen molar-refractivity contribution in [2.45, 2.75) is 24.5 Å². The van der Waals surface area contributed by atoms with Gasteiger partial charge in [0.15, 0.2) is 17.4 Å². The summed E-state index contributed by atoms with van der Waals surface area (Å²) in [5, 5.41) is 20.5. The molecule has 22 heteroatoms. The van der Waals surface area contributed by atoms with Gasteiger partial charge in [-0.3, -0.25) is 14.3 Å². The molecule has 0 saturated carbocycles. The van der Waals surface area contributed by atoms with Gasteiger partial charge >= 0.3 is 22.4 Å². The SMILES string of the molecule is Nc1nc2c(ncn2[C@@H]2O[C@H](COP(O)(=S)OP(=O)(O)OP(=O)(O)O)C(O)C2O)c(=O)[nH]1. The second-order valence-corrected chi connectivity index (χ2v) is 12.0. The van der Waals surface area contributed by atoms with E-state index in [0.717, 1.165) is 10.9 Å². The molecule has 1 aliphatic heterocycles. The number of rotatable bonds is 8. The average Bonchev–Trinajstić information content (AvgIpc) is 3.12. The third-order valence-corrected chi connectivity index (χ3v) is 8.60. The first-order valence-corrected chi connectivity index (χ1v) is 13.7. The van der Waals surface area contributed by atoms with Crippen molar-refractivity contribution in [2.24, 2.45) is 0 Å². The Bertz CT molecular complexity index is 1210. The first-order chi connectivity index (χ1) is 14.6. The third kappa shape index (κ3) is 5.85. The molecule has 1 fully saturated rings. The normalized spacial score (nSPS) is 27.9. The molecule has 3 rings (SSSR count). The monoisotopic (exact) mass is 539 g/mol. The highest BCUT2D eigenvalue weighted by atomic mass is 32.5. The van der Waals surface area contributed by atoms with Crippen LogP contribution >= 0.6 is 22.4 Å². The largest absolute Gasteiger partial charge is 0.488 e. The van der Waals surface area contributed by atoms with E-state index >= 15 is 0 Å². The van der Waals surface area contributed by atoms with Crippen molar-refractivity contribution in [2.75, 3.05) is 12.3 Å². The summed E-state index contributed by atoms with van der Waals surface area (Å²) in [7, 11) is -11.0. The lowest BCUT2D eigenvalue weighted by Gasteiger charge is -2.21. The summed E-state index contributed by atoms with van der Waals surface area (Å²) < 4.78 is 41.1. The Hall–Kier alpha value is -1.14. The van der Waals surface area contributed by atoms with Crippen LogP contribution in [0, 0.1) is 0 Å². The fourth-order valence-corrected chi connectivity index (χ4v) is 6.67. The van der Waals surface area contributed by atoms with Crippen LogP contribution in [0.25, 0.3) is 11.2 Å². The van der Waals surface area contributed by atoms with E-state index < -0.39 is 59.1 Å². The van der Waals surface area contributed by atoms with Crippen LogP contribution in [0.2, 0.25) is 0 Å². The Balaban J connectivity index is 1.72. The molecular formula is C10H16N5O13P3S. The molecule has 180 valence electrons. The van der Waals surface area contributed by atoms with Crippen LogP contribution in [0.4, 0.5) is 5.95 Å². The highest BCUT2D eigenvalue weighted by Crippen LogP contribution is 2.66. The van der Waals surface area contributed by atoms with E-state index in [1.54, 1.807) is 0 Å². The summed E-state index contributed by atoms with van der Waals surface area (Å²) in [6.07, 6.45) is -4.93. The van der Waals surface area contributed by atoms with Crippen LogP contribution in [-0.2, 0) is 38.8 Å². The summed E-state index contributed by atoms with van der Waals surface area (Å²) in [5.41, 5.74) is 4.62. The number of hydrogen-bond acceptors (Lipinski definition) is 13. The Morgan fingerprint density at radius 2 is 1.88 bits per heavy atom. The molecule has 3 heterocycles. The van der Waals surface area contributed by atoms with Gasteiger partial charge in [-0.2, -0.15) is 9.29 Å². The number of hydrogen-bond donors (Lipinski definition) is 8. The maximum atomic E-state index is 11.9. The summed E-state index contributed by atoms with van der Waals surface area (Å²) in [5.74, 6) is -0.249. The number of nitrogen functional groups attached to an aromatic ring is 1. The van der Waals surface area contributed by atoms with Gasteiger partial charge in [0.25, 0.3) is 5.56 Å². The van der Waals surface area contributed by atoms with Crippen molar-refractivity contribution in [3.05, 3.63) is 16.7 Å². The van der Waals surface area contributed by atoms with Crippen molar-refractivity contribution in [1.82, 2.24) is 19.5 Å². The standard InChI is InChI=1S/C10H16N5O13P3S/c11-10-13-7-4(8(18)14-10)12-2-15(7)9-6(17)5(16)3(26-9)1-25-31(24,32)28-30(22,23)27-29(19,20)21/h2-3,5-6,9,16-17H,1H2,(H,22,23)(H,24,32)(H2,19,20,21)(H3,11,13,14,18)/t3-,5?,6?,9-,31?/m1/s1.